The van der Waals surface area contributed by atoms with E-state index in [0.29, 0.717) is 48.9 Å². The summed E-state index contributed by atoms with van der Waals surface area (Å²) in [5.41, 5.74) is 6.77. The first-order valence-corrected chi connectivity index (χ1v) is 9.93. The van der Waals surface area contributed by atoms with Crippen LogP contribution in [0.5, 0.6) is 0 Å². The van der Waals surface area contributed by atoms with Gasteiger partial charge in [0.25, 0.3) is 11.8 Å². The SMILES string of the molecule is CCCNC(=O)c1cccc(C(=O)N2CC[C@H](N(C)Cc3nccc(N)n3)C2)c1. The molecule has 0 radical (unpaired) electrons. The topological polar surface area (TPSA) is 104 Å². The summed E-state index contributed by atoms with van der Waals surface area (Å²) in [6.45, 7) is 4.50. The Morgan fingerprint density at radius 2 is 2.10 bits per heavy atom. The molecule has 8 heteroatoms. The Balaban J connectivity index is 1.61. The van der Waals surface area contributed by atoms with E-state index in [2.05, 4.69) is 20.2 Å². The molecule has 1 aliphatic heterocycles. The first-order valence-electron chi connectivity index (χ1n) is 9.93. The Morgan fingerprint density at radius 1 is 1.31 bits per heavy atom. The van der Waals surface area contributed by atoms with Crippen molar-refractivity contribution in [3.63, 3.8) is 0 Å². The maximum atomic E-state index is 12.9. The Morgan fingerprint density at radius 3 is 2.86 bits per heavy atom. The van der Waals surface area contributed by atoms with Gasteiger partial charge in [0.05, 0.1) is 6.54 Å². The Labute approximate surface area is 171 Å². The third kappa shape index (κ3) is 5.29. The van der Waals surface area contributed by atoms with Gasteiger partial charge in [-0.1, -0.05) is 13.0 Å². The lowest BCUT2D eigenvalue weighted by Crippen LogP contribution is -2.36. The van der Waals surface area contributed by atoms with Gasteiger partial charge < -0.3 is 16.0 Å². The van der Waals surface area contributed by atoms with Gasteiger partial charge in [-0.15, -0.1) is 0 Å². The average Bonchev–Trinajstić information content (AvgIpc) is 3.22. The molecule has 1 fully saturated rings. The maximum Gasteiger partial charge on any atom is 0.253 e. The molecule has 0 bridgehead atoms. The van der Waals surface area contributed by atoms with E-state index >= 15 is 0 Å². The van der Waals surface area contributed by atoms with Crippen molar-refractivity contribution in [2.45, 2.75) is 32.4 Å². The second kappa shape index (κ2) is 9.47. The fourth-order valence-electron chi connectivity index (χ4n) is 3.45. The van der Waals surface area contributed by atoms with Crippen molar-refractivity contribution in [2.75, 3.05) is 32.4 Å². The van der Waals surface area contributed by atoms with Crippen LogP contribution in [0.2, 0.25) is 0 Å². The molecule has 1 aromatic carbocycles. The lowest BCUT2D eigenvalue weighted by Gasteiger charge is -2.24. The van der Waals surface area contributed by atoms with Crippen molar-refractivity contribution in [2.24, 2.45) is 0 Å². The van der Waals surface area contributed by atoms with E-state index in [9.17, 15) is 9.59 Å². The standard InChI is InChI=1S/C21H28N6O2/c1-3-9-24-20(28)15-5-4-6-16(12-15)21(29)27-11-8-17(13-27)26(2)14-19-23-10-7-18(22)25-19/h4-7,10,12,17H,3,8-9,11,13-14H2,1-2H3,(H,24,28)(H2,22,23,25)/t17-/m0/s1. The first kappa shape index (κ1) is 20.7. The predicted molar refractivity (Wildman–Crippen MR) is 111 cm³/mol. The first-order chi connectivity index (χ1) is 14.0. The molecular weight excluding hydrogens is 368 g/mol. The minimum atomic E-state index is -0.150. The zero-order valence-corrected chi connectivity index (χ0v) is 17.0. The van der Waals surface area contributed by atoms with Crippen LogP contribution in [0.3, 0.4) is 0 Å². The molecule has 1 saturated heterocycles. The van der Waals surface area contributed by atoms with E-state index in [-0.39, 0.29) is 17.9 Å². The van der Waals surface area contributed by atoms with E-state index in [1.54, 1.807) is 36.5 Å². The van der Waals surface area contributed by atoms with Crippen molar-refractivity contribution in [3.05, 3.63) is 53.5 Å². The van der Waals surface area contributed by atoms with Crippen LogP contribution in [-0.2, 0) is 6.54 Å². The van der Waals surface area contributed by atoms with Crippen molar-refractivity contribution in [1.29, 1.82) is 0 Å². The van der Waals surface area contributed by atoms with Crippen LogP contribution < -0.4 is 11.1 Å². The number of nitrogens with zero attached hydrogens (tertiary/aromatic N) is 4. The number of hydrogen-bond donors (Lipinski definition) is 2. The second-order valence-electron chi connectivity index (χ2n) is 7.34. The monoisotopic (exact) mass is 396 g/mol. The zero-order valence-electron chi connectivity index (χ0n) is 17.0. The highest BCUT2D eigenvalue weighted by Crippen LogP contribution is 2.19. The van der Waals surface area contributed by atoms with Crippen LogP contribution in [-0.4, -0.2) is 64.3 Å². The number of nitrogens with two attached hydrogens (primary N) is 1. The van der Waals surface area contributed by atoms with E-state index in [4.69, 9.17) is 5.73 Å². The van der Waals surface area contributed by atoms with Crippen LogP contribution in [0.15, 0.2) is 36.5 Å². The minimum absolute atomic E-state index is 0.0498. The van der Waals surface area contributed by atoms with Gasteiger partial charge >= 0.3 is 0 Å². The highest BCUT2D eigenvalue weighted by Gasteiger charge is 2.30. The molecule has 0 aliphatic carbocycles. The summed E-state index contributed by atoms with van der Waals surface area (Å²) in [6, 6.07) is 8.80. The normalized spacial score (nSPS) is 16.2. The number of carbonyl (C=O) groups excluding carboxylic acids is 2. The summed E-state index contributed by atoms with van der Waals surface area (Å²) >= 11 is 0. The Bertz CT molecular complexity index is 872. The number of amides is 2. The lowest BCUT2D eigenvalue weighted by molar-refractivity contribution is 0.0779. The van der Waals surface area contributed by atoms with Gasteiger partial charge in [-0.05, 0) is 44.2 Å². The molecule has 1 aliphatic rings. The van der Waals surface area contributed by atoms with E-state index in [1.165, 1.54) is 0 Å². The minimum Gasteiger partial charge on any atom is -0.384 e. The van der Waals surface area contributed by atoms with Crippen LogP contribution in [0.25, 0.3) is 0 Å². The molecular formula is C21H28N6O2. The lowest BCUT2D eigenvalue weighted by atomic mass is 10.1. The van der Waals surface area contributed by atoms with E-state index in [1.807, 2.05) is 18.9 Å². The van der Waals surface area contributed by atoms with Gasteiger partial charge in [0.2, 0.25) is 0 Å². The second-order valence-corrected chi connectivity index (χ2v) is 7.34. The predicted octanol–water partition coefficient (Wildman–Crippen LogP) is 1.55. The van der Waals surface area contributed by atoms with Crippen molar-refractivity contribution < 1.29 is 9.59 Å². The zero-order chi connectivity index (χ0) is 20.8. The smallest absolute Gasteiger partial charge is 0.253 e. The number of nitrogens with one attached hydrogen (secondary N) is 1. The van der Waals surface area contributed by atoms with Crippen molar-refractivity contribution >= 4 is 17.6 Å². The number of hydrogen-bond acceptors (Lipinski definition) is 6. The summed E-state index contributed by atoms with van der Waals surface area (Å²) in [4.78, 5) is 37.6. The largest absolute Gasteiger partial charge is 0.384 e. The molecule has 2 heterocycles. The molecule has 0 spiro atoms. The molecule has 29 heavy (non-hydrogen) atoms. The number of likely N-dealkylation sites (N-methyl/N-ethyl adjacent to an activating group) is 1. The van der Waals surface area contributed by atoms with Crippen LogP contribution in [0, 0.1) is 0 Å². The van der Waals surface area contributed by atoms with Crippen LogP contribution in [0.4, 0.5) is 5.82 Å². The molecule has 154 valence electrons. The van der Waals surface area contributed by atoms with Gasteiger partial charge in [-0.25, -0.2) is 9.97 Å². The third-order valence-corrected chi connectivity index (χ3v) is 5.10. The Hall–Kier alpha value is -3.00. The summed E-state index contributed by atoms with van der Waals surface area (Å²) in [7, 11) is 2.00. The van der Waals surface area contributed by atoms with Gasteiger partial charge in [0.1, 0.15) is 11.6 Å². The highest BCUT2D eigenvalue weighted by molar-refractivity contribution is 5.99. The van der Waals surface area contributed by atoms with Gasteiger partial charge in [-0.2, -0.15) is 0 Å². The van der Waals surface area contributed by atoms with Crippen molar-refractivity contribution in [1.82, 2.24) is 25.1 Å². The number of carbonyl (C=O) groups is 2. The maximum absolute atomic E-state index is 12.9. The third-order valence-electron chi connectivity index (χ3n) is 5.10. The molecule has 0 saturated carbocycles. The summed E-state index contributed by atoms with van der Waals surface area (Å²) in [5.74, 6) is 0.923. The van der Waals surface area contributed by atoms with E-state index < -0.39 is 0 Å². The molecule has 3 N–H and O–H groups in total. The van der Waals surface area contributed by atoms with Gasteiger partial charge in [0.15, 0.2) is 0 Å². The summed E-state index contributed by atoms with van der Waals surface area (Å²) in [5, 5.41) is 2.84. The number of benzene rings is 1. The quantitative estimate of drug-likeness (QED) is 0.736. The number of anilines is 1. The molecule has 8 nitrogen and oxygen atoms in total. The molecule has 1 atom stereocenters. The molecule has 2 aromatic rings. The fraction of sp³-hybridized carbons (Fsp3) is 0.429. The van der Waals surface area contributed by atoms with Crippen LogP contribution >= 0.6 is 0 Å². The van der Waals surface area contributed by atoms with Crippen LogP contribution in [0.1, 0.15) is 46.3 Å². The molecule has 2 amide bonds. The van der Waals surface area contributed by atoms with E-state index in [0.717, 1.165) is 12.8 Å². The molecule has 0 unspecified atom stereocenters. The number of likely N-dealkylation sites (tertiary alicyclic amines) is 1. The fourth-order valence-corrected chi connectivity index (χ4v) is 3.45. The van der Waals surface area contributed by atoms with Gasteiger partial charge in [0, 0.05) is 43.0 Å². The highest BCUT2D eigenvalue weighted by atomic mass is 16.2. The van der Waals surface area contributed by atoms with Crippen molar-refractivity contribution in [3.8, 4) is 0 Å². The molecule has 3 rings (SSSR count). The van der Waals surface area contributed by atoms with Gasteiger partial charge in [-0.3, -0.25) is 14.5 Å². The molecule has 1 aromatic heterocycles. The number of aromatic nitrogens is 2. The summed E-state index contributed by atoms with van der Waals surface area (Å²) < 4.78 is 0. The average molecular weight is 396 g/mol. The Kier molecular flexibility index (Phi) is 6.77. The summed E-state index contributed by atoms with van der Waals surface area (Å²) in [6.07, 6.45) is 3.40. The number of rotatable bonds is 7. The number of nitrogen functional groups attached to an aromatic ring is 1.